The lowest BCUT2D eigenvalue weighted by Gasteiger charge is -2.06. The molecule has 0 fully saturated rings. The first kappa shape index (κ1) is 9.96. The maximum Gasteiger partial charge on any atom is 0.307 e. The van der Waals surface area contributed by atoms with Crippen molar-refractivity contribution in [3.05, 3.63) is 0 Å². The molecule has 0 saturated carbocycles. The van der Waals surface area contributed by atoms with Crippen molar-refractivity contribution in [2.75, 3.05) is 0 Å². The molecule has 0 saturated heterocycles. The largest absolute Gasteiger partial charge is 0.447 e. The molecule has 0 aliphatic heterocycles. The number of hydrogen-bond acceptors (Lipinski definition) is 3. The molecule has 0 bridgehead atoms. The number of nitrogens with zero attached hydrogens (tertiary/aromatic N) is 1. The third-order valence-corrected chi connectivity index (χ3v) is 1.24. The van der Waals surface area contributed by atoms with Crippen molar-refractivity contribution in [2.24, 2.45) is 0 Å². The normalized spacial score (nSPS) is 11.7. The van der Waals surface area contributed by atoms with Crippen LogP contribution in [0.25, 0.3) is 0 Å². The molecule has 0 rings (SSSR count). The van der Waals surface area contributed by atoms with Crippen molar-refractivity contribution in [3.63, 3.8) is 0 Å². The molecule has 3 nitrogen and oxygen atoms in total. The quantitative estimate of drug-likeness (QED) is 0.580. The summed E-state index contributed by atoms with van der Waals surface area (Å²) in [5.74, 6) is -0.277. The molecule has 1 atom stereocenters. The topological polar surface area (TPSA) is 50.1 Å². The molecule has 1 unspecified atom stereocenters. The molecule has 3 heteroatoms. The van der Waals surface area contributed by atoms with Gasteiger partial charge in [0.25, 0.3) is 0 Å². The van der Waals surface area contributed by atoms with Crippen LogP contribution in [0.5, 0.6) is 0 Å². The lowest BCUT2D eigenvalue weighted by Crippen LogP contribution is -2.14. The number of hydrogen-bond donors (Lipinski definition) is 0. The fourth-order valence-electron chi connectivity index (χ4n) is 0.623. The van der Waals surface area contributed by atoms with Gasteiger partial charge in [-0.3, -0.25) is 4.79 Å². The number of carbonyl (C=O) groups excluding carboxylic acids is 1. The zero-order valence-corrected chi connectivity index (χ0v) is 6.96. The Kier molecular flexibility index (Phi) is 5.18. The molecule has 0 aromatic rings. The molecule has 0 aromatic carbocycles. The van der Waals surface area contributed by atoms with E-state index < -0.39 is 6.10 Å². The van der Waals surface area contributed by atoms with Gasteiger partial charge < -0.3 is 4.74 Å². The summed E-state index contributed by atoms with van der Waals surface area (Å²) in [7, 11) is 0. The first-order valence-electron chi connectivity index (χ1n) is 3.83. The number of ether oxygens (including phenoxy) is 1. The summed E-state index contributed by atoms with van der Waals surface area (Å²) < 4.78 is 4.79. The third-order valence-electron chi connectivity index (χ3n) is 1.24. The van der Waals surface area contributed by atoms with Crippen LogP contribution in [-0.4, -0.2) is 12.1 Å². The highest BCUT2D eigenvalue weighted by Gasteiger charge is 2.09. The third kappa shape index (κ3) is 4.38. The van der Waals surface area contributed by atoms with E-state index in [1.54, 1.807) is 0 Å². The van der Waals surface area contributed by atoms with E-state index in [4.69, 9.17) is 10.00 Å². The molecular formula is C8H13NO2. The van der Waals surface area contributed by atoms with Crippen LogP contribution < -0.4 is 0 Å². The Bertz CT molecular complexity index is 160. The smallest absolute Gasteiger partial charge is 0.307 e. The maximum absolute atomic E-state index is 10.8. The van der Waals surface area contributed by atoms with Crippen LogP contribution in [0.15, 0.2) is 0 Å². The van der Waals surface area contributed by atoms with Gasteiger partial charge in [0.2, 0.25) is 0 Å². The van der Waals surface area contributed by atoms with Crippen LogP contribution in [0.1, 0.15) is 33.1 Å². The summed E-state index contributed by atoms with van der Waals surface area (Å²) >= 11 is 0. The number of nitriles is 1. The van der Waals surface area contributed by atoms with E-state index in [2.05, 4.69) is 0 Å². The van der Waals surface area contributed by atoms with Crippen molar-refractivity contribution >= 4 is 5.97 Å². The SMILES string of the molecule is CCCC(=O)OC(C#N)CC. The second kappa shape index (κ2) is 5.72. The Hall–Kier alpha value is -1.04. The number of esters is 1. The van der Waals surface area contributed by atoms with Crippen molar-refractivity contribution in [1.82, 2.24) is 0 Å². The molecule has 0 N–H and O–H groups in total. The van der Waals surface area contributed by atoms with Gasteiger partial charge in [0.05, 0.1) is 0 Å². The Morgan fingerprint density at radius 1 is 1.64 bits per heavy atom. The van der Waals surface area contributed by atoms with Crippen LogP contribution in [0.4, 0.5) is 0 Å². The summed E-state index contributed by atoms with van der Waals surface area (Å²) in [6, 6.07) is 1.90. The highest BCUT2D eigenvalue weighted by Crippen LogP contribution is 1.99. The molecule has 0 aliphatic rings. The molecule has 0 aliphatic carbocycles. The first-order valence-corrected chi connectivity index (χ1v) is 3.83. The van der Waals surface area contributed by atoms with Crippen LogP contribution >= 0.6 is 0 Å². The summed E-state index contributed by atoms with van der Waals surface area (Å²) in [4.78, 5) is 10.8. The van der Waals surface area contributed by atoms with Crippen molar-refractivity contribution in [2.45, 2.75) is 39.2 Å². The zero-order valence-electron chi connectivity index (χ0n) is 6.96. The van der Waals surface area contributed by atoms with E-state index in [0.717, 1.165) is 6.42 Å². The fourth-order valence-corrected chi connectivity index (χ4v) is 0.623. The highest BCUT2D eigenvalue weighted by atomic mass is 16.5. The Morgan fingerprint density at radius 3 is 2.64 bits per heavy atom. The van der Waals surface area contributed by atoms with E-state index in [9.17, 15) is 4.79 Å². The van der Waals surface area contributed by atoms with Gasteiger partial charge >= 0.3 is 5.97 Å². The maximum atomic E-state index is 10.8. The van der Waals surface area contributed by atoms with Gasteiger partial charge in [0.1, 0.15) is 6.07 Å². The van der Waals surface area contributed by atoms with Crippen molar-refractivity contribution < 1.29 is 9.53 Å². The minimum Gasteiger partial charge on any atom is -0.447 e. The van der Waals surface area contributed by atoms with Crippen LogP contribution in [0.3, 0.4) is 0 Å². The van der Waals surface area contributed by atoms with Crippen LogP contribution in [0, 0.1) is 11.3 Å². The molecule has 62 valence electrons. The van der Waals surface area contributed by atoms with Gasteiger partial charge in [-0.2, -0.15) is 5.26 Å². The lowest BCUT2D eigenvalue weighted by molar-refractivity contribution is -0.146. The number of carbonyl (C=O) groups is 1. The number of rotatable bonds is 4. The predicted octanol–water partition coefficient (Wildman–Crippen LogP) is 1.63. The molecule has 0 heterocycles. The molecule has 0 amide bonds. The van der Waals surface area contributed by atoms with Gasteiger partial charge in [0.15, 0.2) is 6.10 Å². The predicted molar refractivity (Wildman–Crippen MR) is 40.7 cm³/mol. The van der Waals surface area contributed by atoms with E-state index in [-0.39, 0.29) is 5.97 Å². The van der Waals surface area contributed by atoms with Gasteiger partial charge in [-0.25, -0.2) is 0 Å². The van der Waals surface area contributed by atoms with Crippen LogP contribution in [-0.2, 0) is 9.53 Å². The van der Waals surface area contributed by atoms with E-state index in [1.165, 1.54) is 0 Å². The summed E-state index contributed by atoms with van der Waals surface area (Å²) in [6.07, 6.45) is 1.17. The van der Waals surface area contributed by atoms with Gasteiger partial charge in [-0.15, -0.1) is 0 Å². The van der Waals surface area contributed by atoms with Crippen molar-refractivity contribution in [1.29, 1.82) is 5.26 Å². The second-order valence-corrected chi connectivity index (χ2v) is 2.27. The standard InChI is InChI=1S/C8H13NO2/c1-3-5-8(10)11-7(4-2)6-9/h7H,3-5H2,1-2H3. The summed E-state index contributed by atoms with van der Waals surface area (Å²) in [6.45, 7) is 3.71. The van der Waals surface area contributed by atoms with Gasteiger partial charge in [-0.05, 0) is 12.8 Å². The van der Waals surface area contributed by atoms with Crippen molar-refractivity contribution in [3.8, 4) is 6.07 Å². The Labute approximate surface area is 67.0 Å². The van der Waals surface area contributed by atoms with E-state index in [0.29, 0.717) is 12.8 Å². The summed E-state index contributed by atoms with van der Waals surface area (Å²) in [5, 5.41) is 8.42. The van der Waals surface area contributed by atoms with Gasteiger partial charge in [-0.1, -0.05) is 13.8 Å². The Morgan fingerprint density at radius 2 is 2.27 bits per heavy atom. The van der Waals surface area contributed by atoms with Crippen LogP contribution in [0.2, 0.25) is 0 Å². The minimum atomic E-state index is -0.561. The monoisotopic (exact) mass is 155 g/mol. The first-order chi connectivity index (χ1) is 5.24. The lowest BCUT2D eigenvalue weighted by atomic mass is 10.3. The van der Waals surface area contributed by atoms with Gasteiger partial charge in [0, 0.05) is 6.42 Å². The average Bonchev–Trinajstić information content (AvgIpc) is 2.01. The molecule has 0 spiro atoms. The molecule has 11 heavy (non-hydrogen) atoms. The minimum absolute atomic E-state index is 0.277. The average molecular weight is 155 g/mol. The molecule has 0 aromatic heterocycles. The molecule has 0 radical (unpaired) electrons. The fraction of sp³-hybridized carbons (Fsp3) is 0.750. The zero-order chi connectivity index (χ0) is 8.69. The highest BCUT2D eigenvalue weighted by molar-refractivity contribution is 5.69. The second-order valence-electron chi connectivity index (χ2n) is 2.27. The molecular weight excluding hydrogens is 142 g/mol. The Balaban J connectivity index is 3.65. The summed E-state index contributed by atoms with van der Waals surface area (Å²) in [5.41, 5.74) is 0. The van der Waals surface area contributed by atoms with E-state index in [1.807, 2.05) is 19.9 Å². The van der Waals surface area contributed by atoms with E-state index >= 15 is 0 Å².